The van der Waals surface area contributed by atoms with Crippen LogP contribution in [0.1, 0.15) is 26.3 Å². The summed E-state index contributed by atoms with van der Waals surface area (Å²) >= 11 is 0. The summed E-state index contributed by atoms with van der Waals surface area (Å²) in [4.78, 5) is 3.18. The van der Waals surface area contributed by atoms with Gasteiger partial charge in [0.25, 0.3) is 0 Å². The molecule has 0 aliphatic rings. The van der Waals surface area contributed by atoms with Gasteiger partial charge in [0.05, 0.1) is 6.57 Å². The highest BCUT2D eigenvalue weighted by atomic mass is 19.1. The van der Waals surface area contributed by atoms with Crippen molar-refractivity contribution in [1.29, 1.82) is 0 Å². The number of benzene rings is 1. The van der Waals surface area contributed by atoms with Crippen LogP contribution in [0.3, 0.4) is 0 Å². The van der Waals surface area contributed by atoms with E-state index in [4.69, 9.17) is 6.57 Å². The van der Waals surface area contributed by atoms with Gasteiger partial charge in [-0.2, -0.15) is 0 Å². The van der Waals surface area contributed by atoms with Crippen LogP contribution in [0.2, 0.25) is 0 Å². The normalized spacial score (nSPS) is 11.1. The summed E-state index contributed by atoms with van der Waals surface area (Å²) in [6.45, 7) is 12.9. The topological polar surface area (TPSA) is 4.36 Å². The van der Waals surface area contributed by atoms with Gasteiger partial charge in [0.1, 0.15) is 5.82 Å². The molecule has 0 spiro atoms. The molecule has 1 aromatic carbocycles. The molecule has 14 heavy (non-hydrogen) atoms. The predicted molar refractivity (Wildman–Crippen MR) is 55.8 cm³/mol. The van der Waals surface area contributed by atoms with Gasteiger partial charge >= 0.3 is 0 Å². The zero-order valence-corrected chi connectivity index (χ0v) is 8.76. The number of rotatable bonds is 1. The van der Waals surface area contributed by atoms with Crippen molar-refractivity contribution in [3.63, 3.8) is 0 Å². The minimum Gasteiger partial charge on any atom is -0.238 e. The molecule has 0 saturated carbocycles. The van der Waals surface area contributed by atoms with E-state index in [0.29, 0.717) is 17.7 Å². The van der Waals surface area contributed by atoms with Crippen LogP contribution in [0.25, 0.3) is 4.85 Å². The quantitative estimate of drug-likeness (QED) is 0.592. The summed E-state index contributed by atoms with van der Waals surface area (Å²) in [5.41, 5.74) is 1.12. The first-order chi connectivity index (χ1) is 6.42. The van der Waals surface area contributed by atoms with E-state index in [-0.39, 0.29) is 11.2 Å². The molecule has 0 fully saturated rings. The molecule has 1 rings (SSSR count). The second kappa shape index (κ2) is 3.79. The summed E-state index contributed by atoms with van der Waals surface area (Å²) in [7, 11) is 0. The maximum Gasteiger partial charge on any atom is 0.190 e. The molecule has 74 valence electrons. The van der Waals surface area contributed by atoms with Crippen LogP contribution >= 0.6 is 0 Å². The molecule has 0 aliphatic carbocycles. The van der Waals surface area contributed by atoms with Crippen molar-refractivity contribution in [3.8, 4) is 0 Å². The maximum absolute atomic E-state index is 13.4. The molecule has 2 heteroatoms. The Kier molecular flexibility index (Phi) is 2.90. The fraction of sp³-hybridized carbons (Fsp3) is 0.417. The van der Waals surface area contributed by atoms with Crippen LogP contribution in [-0.2, 0) is 6.42 Å². The van der Waals surface area contributed by atoms with Gasteiger partial charge in [-0.1, -0.05) is 32.9 Å². The number of nitrogens with zero attached hydrogens (tertiary/aromatic N) is 1. The molecule has 0 amide bonds. The Labute approximate surface area is 84.4 Å². The molecule has 0 atom stereocenters. The van der Waals surface area contributed by atoms with E-state index in [1.165, 1.54) is 6.07 Å². The highest BCUT2D eigenvalue weighted by Crippen LogP contribution is 2.24. The fourth-order valence-corrected chi connectivity index (χ4v) is 1.32. The third-order valence-electron chi connectivity index (χ3n) is 1.89. The maximum atomic E-state index is 13.4. The average molecular weight is 191 g/mol. The van der Waals surface area contributed by atoms with E-state index in [2.05, 4.69) is 25.6 Å². The van der Waals surface area contributed by atoms with Crippen molar-refractivity contribution in [3.05, 3.63) is 41.0 Å². The molecule has 0 aromatic heterocycles. The highest BCUT2D eigenvalue weighted by molar-refractivity contribution is 5.46. The van der Waals surface area contributed by atoms with Crippen molar-refractivity contribution in [2.75, 3.05) is 0 Å². The summed E-state index contributed by atoms with van der Waals surface area (Å²) in [6.07, 6.45) is 0.692. The van der Waals surface area contributed by atoms with Crippen LogP contribution in [0.15, 0.2) is 18.2 Å². The van der Waals surface area contributed by atoms with Gasteiger partial charge in [0, 0.05) is 0 Å². The Morgan fingerprint density at radius 3 is 2.43 bits per heavy atom. The Morgan fingerprint density at radius 1 is 1.36 bits per heavy atom. The molecule has 0 aliphatic heterocycles. The molecule has 0 bridgehead atoms. The van der Waals surface area contributed by atoms with E-state index < -0.39 is 0 Å². The van der Waals surface area contributed by atoms with E-state index in [0.717, 1.165) is 0 Å². The lowest BCUT2D eigenvalue weighted by atomic mass is 9.88. The van der Waals surface area contributed by atoms with Gasteiger partial charge in [-0.25, -0.2) is 9.24 Å². The van der Waals surface area contributed by atoms with Gasteiger partial charge in [0.2, 0.25) is 0 Å². The van der Waals surface area contributed by atoms with E-state index in [1.807, 2.05) is 0 Å². The van der Waals surface area contributed by atoms with Crippen molar-refractivity contribution in [1.82, 2.24) is 0 Å². The number of halogens is 1. The SMILES string of the molecule is [C-]#[N+]c1ccc(CC(C)(C)C)c(F)c1. The molecule has 1 nitrogen and oxygen atoms in total. The lowest BCUT2D eigenvalue weighted by Gasteiger charge is -2.18. The lowest BCUT2D eigenvalue weighted by Crippen LogP contribution is -2.10. The first-order valence-corrected chi connectivity index (χ1v) is 4.58. The summed E-state index contributed by atoms with van der Waals surface area (Å²) in [5, 5.41) is 0. The van der Waals surface area contributed by atoms with Crippen molar-refractivity contribution < 1.29 is 4.39 Å². The fourth-order valence-electron chi connectivity index (χ4n) is 1.32. The van der Waals surface area contributed by atoms with Crippen LogP contribution < -0.4 is 0 Å². The predicted octanol–water partition coefficient (Wildman–Crippen LogP) is 3.97. The van der Waals surface area contributed by atoms with Crippen LogP contribution in [0.5, 0.6) is 0 Å². The Bertz CT molecular complexity index is 369. The van der Waals surface area contributed by atoms with E-state index >= 15 is 0 Å². The zero-order chi connectivity index (χ0) is 10.8. The molecule has 1 aromatic rings. The molecular formula is C12H14FN. The van der Waals surface area contributed by atoms with Gasteiger partial charge in [-0.15, -0.1) is 0 Å². The molecule has 0 radical (unpaired) electrons. The lowest BCUT2D eigenvalue weighted by molar-refractivity contribution is 0.402. The van der Waals surface area contributed by atoms with Gasteiger partial charge < -0.3 is 0 Å². The van der Waals surface area contributed by atoms with Crippen molar-refractivity contribution >= 4 is 5.69 Å². The first-order valence-electron chi connectivity index (χ1n) is 4.58. The Hall–Kier alpha value is -1.36. The minimum atomic E-state index is -0.270. The van der Waals surface area contributed by atoms with Crippen molar-refractivity contribution in [2.24, 2.45) is 5.41 Å². The molecule has 0 N–H and O–H groups in total. The average Bonchev–Trinajstić information content (AvgIpc) is 2.06. The summed E-state index contributed by atoms with van der Waals surface area (Å²) in [6, 6.07) is 4.67. The Morgan fingerprint density at radius 2 is 2.00 bits per heavy atom. The third-order valence-corrected chi connectivity index (χ3v) is 1.89. The van der Waals surface area contributed by atoms with Gasteiger partial charge in [0.15, 0.2) is 5.69 Å². The number of hydrogen-bond donors (Lipinski definition) is 0. The first kappa shape index (κ1) is 10.7. The molecular weight excluding hydrogens is 177 g/mol. The minimum absolute atomic E-state index is 0.0699. The monoisotopic (exact) mass is 191 g/mol. The Balaban J connectivity index is 2.97. The van der Waals surface area contributed by atoms with E-state index in [9.17, 15) is 4.39 Å². The van der Waals surface area contributed by atoms with Crippen LogP contribution in [0.4, 0.5) is 10.1 Å². The van der Waals surface area contributed by atoms with Gasteiger partial charge in [-0.3, -0.25) is 0 Å². The summed E-state index contributed by atoms with van der Waals surface area (Å²) in [5.74, 6) is -0.270. The largest absolute Gasteiger partial charge is 0.238 e. The molecule has 0 saturated heterocycles. The smallest absolute Gasteiger partial charge is 0.190 e. The van der Waals surface area contributed by atoms with E-state index in [1.54, 1.807) is 12.1 Å². The third kappa shape index (κ3) is 2.85. The second-order valence-electron chi connectivity index (χ2n) is 4.62. The molecule has 0 unspecified atom stereocenters. The van der Waals surface area contributed by atoms with Crippen LogP contribution in [-0.4, -0.2) is 0 Å². The van der Waals surface area contributed by atoms with Gasteiger partial charge in [-0.05, 0) is 23.5 Å². The summed E-state index contributed by atoms with van der Waals surface area (Å²) < 4.78 is 13.4. The van der Waals surface area contributed by atoms with Crippen molar-refractivity contribution in [2.45, 2.75) is 27.2 Å². The molecule has 0 heterocycles. The second-order valence-corrected chi connectivity index (χ2v) is 4.62. The van der Waals surface area contributed by atoms with Crippen LogP contribution in [0, 0.1) is 17.8 Å². The zero-order valence-electron chi connectivity index (χ0n) is 8.76. The number of hydrogen-bond acceptors (Lipinski definition) is 0. The highest BCUT2D eigenvalue weighted by Gasteiger charge is 2.14. The standard InChI is InChI=1S/C12H14FN/c1-12(2,3)8-9-5-6-10(14-4)7-11(9)13/h5-7H,8H2,1-3H3.